The average molecular weight is 391 g/mol. The Morgan fingerprint density at radius 1 is 0.966 bits per heavy atom. The second-order valence-electron chi connectivity index (χ2n) is 7.22. The van der Waals surface area contributed by atoms with E-state index >= 15 is 0 Å². The van der Waals surface area contributed by atoms with Crippen LogP contribution in [0, 0.1) is 6.92 Å². The molecule has 0 heterocycles. The lowest BCUT2D eigenvalue weighted by molar-refractivity contribution is -0.149. The fourth-order valence-electron chi connectivity index (χ4n) is 3.09. The molecule has 0 atom stereocenters. The Balaban J connectivity index is 1.53. The van der Waals surface area contributed by atoms with Crippen LogP contribution >= 0.6 is 0 Å². The molecule has 0 bridgehead atoms. The van der Waals surface area contributed by atoms with Crippen molar-refractivity contribution in [3.63, 3.8) is 0 Å². The molecular weight excluding hydrogens is 366 g/mol. The van der Waals surface area contributed by atoms with Crippen LogP contribution in [0.2, 0.25) is 0 Å². The van der Waals surface area contributed by atoms with E-state index in [-0.39, 0.29) is 19.1 Å². The maximum absolute atomic E-state index is 12.2. The van der Waals surface area contributed by atoms with Crippen molar-refractivity contribution >= 4 is 28.3 Å². The predicted molar refractivity (Wildman–Crippen MR) is 114 cm³/mol. The topological polar surface area (TPSA) is 64.6 Å². The Morgan fingerprint density at radius 2 is 1.72 bits per heavy atom. The highest BCUT2D eigenvalue weighted by Gasteiger charge is 2.13. The van der Waals surface area contributed by atoms with Gasteiger partial charge in [-0.1, -0.05) is 62.4 Å². The minimum Gasteiger partial charge on any atom is -0.482 e. The predicted octanol–water partition coefficient (Wildman–Crippen LogP) is 4.83. The normalized spacial score (nSPS) is 10.8. The smallest absolute Gasteiger partial charge is 0.344 e. The Bertz CT molecular complexity index is 1020. The zero-order valence-electron chi connectivity index (χ0n) is 16.9. The van der Waals surface area contributed by atoms with Crippen LogP contribution in [0.4, 0.5) is 5.69 Å². The molecule has 3 rings (SSSR count). The molecule has 0 aromatic heterocycles. The van der Waals surface area contributed by atoms with Gasteiger partial charge in [-0.3, -0.25) is 4.79 Å². The fraction of sp³-hybridized carbons (Fsp3) is 0.250. The summed E-state index contributed by atoms with van der Waals surface area (Å²) in [5, 5.41) is 4.74. The Kier molecular flexibility index (Phi) is 6.50. The van der Waals surface area contributed by atoms with Gasteiger partial charge in [0.1, 0.15) is 5.75 Å². The number of ether oxygens (including phenoxy) is 2. The van der Waals surface area contributed by atoms with E-state index in [1.807, 2.05) is 67.6 Å². The van der Waals surface area contributed by atoms with E-state index in [1.165, 1.54) is 0 Å². The van der Waals surface area contributed by atoms with Gasteiger partial charge in [-0.05, 0) is 41.5 Å². The zero-order valence-corrected chi connectivity index (χ0v) is 16.9. The molecular formula is C24H25NO4. The molecule has 0 unspecified atom stereocenters. The van der Waals surface area contributed by atoms with Crippen molar-refractivity contribution in [2.24, 2.45) is 0 Å². The number of esters is 1. The molecule has 0 aliphatic carbocycles. The molecule has 0 aliphatic rings. The van der Waals surface area contributed by atoms with E-state index in [0.717, 1.165) is 21.9 Å². The number of carbonyl (C=O) groups is 2. The maximum Gasteiger partial charge on any atom is 0.344 e. The third-order valence-electron chi connectivity index (χ3n) is 4.56. The summed E-state index contributed by atoms with van der Waals surface area (Å²) in [6.45, 7) is 5.48. The number of amides is 1. The van der Waals surface area contributed by atoms with Gasteiger partial charge in [0.15, 0.2) is 13.2 Å². The SMILES string of the molecule is Cc1ccc(C(C)C)c(OCC(=O)OCC(=O)Nc2cccc3ccccc23)c1. The number of aryl methyl sites for hydroxylation is 1. The minimum absolute atomic E-state index is 0.245. The van der Waals surface area contributed by atoms with Crippen LogP contribution in [0.3, 0.4) is 0 Å². The largest absolute Gasteiger partial charge is 0.482 e. The first-order valence-corrected chi connectivity index (χ1v) is 9.60. The van der Waals surface area contributed by atoms with Crippen molar-refractivity contribution in [2.75, 3.05) is 18.5 Å². The first-order valence-electron chi connectivity index (χ1n) is 9.60. The van der Waals surface area contributed by atoms with Crippen LogP contribution in [-0.2, 0) is 14.3 Å². The van der Waals surface area contributed by atoms with Crippen molar-refractivity contribution in [1.29, 1.82) is 0 Å². The third-order valence-corrected chi connectivity index (χ3v) is 4.56. The van der Waals surface area contributed by atoms with Crippen LogP contribution in [0.25, 0.3) is 10.8 Å². The number of fused-ring (bicyclic) bond motifs is 1. The summed E-state index contributed by atoms with van der Waals surface area (Å²) in [5.41, 5.74) is 2.76. The fourth-order valence-corrected chi connectivity index (χ4v) is 3.09. The molecule has 1 N–H and O–H groups in total. The molecule has 5 nitrogen and oxygen atoms in total. The number of nitrogens with one attached hydrogen (secondary N) is 1. The molecule has 3 aromatic carbocycles. The summed E-state index contributed by atoms with van der Waals surface area (Å²) < 4.78 is 10.7. The van der Waals surface area contributed by atoms with Gasteiger partial charge < -0.3 is 14.8 Å². The monoisotopic (exact) mass is 391 g/mol. The van der Waals surface area contributed by atoms with Gasteiger partial charge in [0.25, 0.3) is 5.91 Å². The summed E-state index contributed by atoms with van der Waals surface area (Å²) in [6, 6.07) is 19.3. The van der Waals surface area contributed by atoms with Gasteiger partial charge in [0.2, 0.25) is 0 Å². The first kappa shape index (κ1) is 20.4. The summed E-state index contributed by atoms with van der Waals surface area (Å²) in [4.78, 5) is 24.2. The van der Waals surface area contributed by atoms with Gasteiger partial charge in [-0.25, -0.2) is 4.79 Å². The maximum atomic E-state index is 12.2. The van der Waals surface area contributed by atoms with Crippen molar-refractivity contribution in [1.82, 2.24) is 0 Å². The average Bonchev–Trinajstić information content (AvgIpc) is 2.71. The molecule has 0 aliphatic heterocycles. The lowest BCUT2D eigenvalue weighted by Gasteiger charge is -2.14. The van der Waals surface area contributed by atoms with E-state index < -0.39 is 11.9 Å². The van der Waals surface area contributed by atoms with Gasteiger partial charge in [0, 0.05) is 11.1 Å². The van der Waals surface area contributed by atoms with Crippen LogP contribution < -0.4 is 10.1 Å². The molecule has 3 aromatic rings. The first-order chi connectivity index (χ1) is 13.9. The van der Waals surface area contributed by atoms with Crippen LogP contribution in [0.5, 0.6) is 5.75 Å². The second kappa shape index (κ2) is 9.24. The van der Waals surface area contributed by atoms with Crippen LogP contribution in [0.1, 0.15) is 30.9 Å². The lowest BCUT2D eigenvalue weighted by atomic mass is 10.0. The lowest BCUT2D eigenvalue weighted by Crippen LogP contribution is -2.24. The van der Waals surface area contributed by atoms with Crippen molar-refractivity contribution in [3.8, 4) is 5.75 Å². The molecule has 0 saturated heterocycles. The van der Waals surface area contributed by atoms with E-state index in [2.05, 4.69) is 19.2 Å². The van der Waals surface area contributed by atoms with Crippen molar-refractivity contribution in [2.45, 2.75) is 26.7 Å². The quantitative estimate of drug-likeness (QED) is 0.586. The molecule has 29 heavy (non-hydrogen) atoms. The number of rotatable bonds is 7. The molecule has 150 valence electrons. The van der Waals surface area contributed by atoms with E-state index in [0.29, 0.717) is 11.4 Å². The summed E-state index contributed by atoms with van der Waals surface area (Å²) >= 11 is 0. The summed E-state index contributed by atoms with van der Waals surface area (Å²) in [5.74, 6) is -0.0485. The Hall–Kier alpha value is -3.34. The highest BCUT2D eigenvalue weighted by atomic mass is 16.6. The minimum atomic E-state index is -0.589. The molecule has 0 saturated carbocycles. The van der Waals surface area contributed by atoms with Gasteiger partial charge >= 0.3 is 5.97 Å². The third kappa shape index (κ3) is 5.35. The Morgan fingerprint density at radius 3 is 2.52 bits per heavy atom. The number of carbonyl (C=O) groups excluding carboxylic acids is 2. The summed E-state index contributed by atoms with van der Waals surface area (Å²) in [7, 11) is 0. The van der Waals surface area contributed by atoms with Gasteiger partial charge in [-0.2, -0.15) is 0 Å². The number of anilines is 1. The number of hydrogen-bond acceptors (Lipinski definition) is 4. The van der Waals surface area contributed by atoms with Gasteiger partial charge in [0.05, 0.1) is 0 Å². The highest BCUT2D eigenvalue weighted by molar-refractivity contribution is 6.02. The van der Waals surface area contributed by atoms with E-state index in [4.69, 9.17) is 9.47 Å². The molecule has 0 fully saturated rings. The summed E-state index contributed by atoms with van der Waals surface area (Å²) in [6.07, 6.45) is 0. The number of benzene rings is 3. The van der Waals surface area contributed by atoms with Crippen LogP contribution in [0.15, 0.2) is 60.7 Å². The van der Waals surface area contributed by atoms with Gasteiger partial charge in [-0.15, -0.1) is 0 Å². The molecule has 0 spiro atoms. The Labute approximate surface area is 170 Å². The zero-order chi connectivity index (χ0) is 20.8. The van der Waals surface area contributed by atoms with Crippen LogP contribution in [-0.4, -0.2) is 25.1 Å². The molecule has 1 amide bonds. The highest BCUT2D eigenvalue weighted by Crippen LogP contribution is 2.27. The second-order valence-corrected chi connectivity index (χ2v) is 7.22. The molecule has 5 heteroatoms. The van der Waals surface area contributed by atoms with Crippen molar-refractivity contribution in [3.05, 3.63) is 71.8 Å². The standard InChI is InChI=1S/C24H25NO4/c1-16(2)19-12-11-17(3)13-22(19)28-15-24(27)29-14-23(26)25-21-10-6-8-18-7-4-5-9-20(18)21/h4-13,16H,14-15H2,1-3H3,(H,25,26). The van der Waals surface area contributed by atoms with Crippen molar-refractivity contribution < 1.29 is 19.1 Å². The van der Waals surface area contributed by atoms with E-state index in [1.54, 1.807) is 0 Å². The number of hydrogen-bond donors (Lipinski definition) is 1. The van der Waals surface area contributed by atoms with E-state index in [9.17, 15) is 9.59 Å². The molecule has 0 radical (unpaired) electrons.